The molecule has 0 atom stereocenters. The van der Waals surface area contributed by atoms with Crippen LogP contribution < -0.4 is 14.8 Å². The summed E-state index contributed by atoms with van der Waals surface area (Å²) in [6, 6.07) is 7.83. The van der Waals surface area contributed by atoms with Gasteiger partial charge in [0.1, 0.15) is 24.3 Å². The smallest absolute Gasteiger partial charge is 0.249 e. The van der Waals surface area contributed by atoms with E-state index in [1.54, 1.807) is 6.08 Å². The number of carbonyl (C=O) groups excluding carboxylic acids is 1. The molecule has 1 aliphatic carbocycles. The molecule has 1 aromatic carbocycles. The molecule has 0 radical (unpaired) electrons. The molecule has 0 saturated carbocycles. The van der Waals surface area contributed by atoms with Crippen molar-refractivity contribution >= 4 is 28.3 Å². The number of hydrogen-bond donors (Lipinski definition) is 1. The molecule has 2 aromatic rings. The minimum Gasteiger partial charge on any atom is -0.486 e. The molecule has 6 heteroatoms. The third-order valence-electron chi connectivity index (χ3n) is 4.51. The molecule has 0 fully saturated rings. The van der Waals surface area contributed by atoms with Gasteiger partial charge < -0.3 is 14.8 Å². The Hall–Kier alpha value is -2.78. The fraction of sp³-hybridized carbons (Fsp3) is 0.300. The standard InChI is InChI=1S/C20H18N2O3S/c21-12-15-14-3-1-2-4-18(14)26-20(15)22-19(23)8-6-13-5-7-16-17(11-13)25-10-9-24-16/h5-8,11H,1-4,9-10H2,(H,22,23)/b8-6+. The summed E-state index contributed by atoms with van der Waals surface area (Å²) in [5.41, 5.74) is 2.61. The largest absolute Gasteiger partial charge is 0.486 e. The molecule has 5 nitrogen and oxygen atoms in total. The molecule has 0 bridgehead atoms. The highest BCUT2D eigenvalue weighted by molar-refractivity contribution is 7.16. The molecule has 132 valence electrons. The second-order valence-corrected chi connectivity index (χ2v) is 7.36. The first-order valence-electron chi connectivity index (χ1n) is 8.68. The molecule has 0 saturated heterocycles. The summed E-state index contributed by atoms with van der Waals surface area (Å²) >= 11 is 1.53. The van der Waals surface area contributed by atoms with Gasteiger partial charge in [0.15, 0.2) is 11.5 Å². The van der Waals surface area contributed by atoms with E-state index >= 15 is 0 Å². The zero-order valence-corrected chi connectivity index (χ0v) is 15.0. The third-order valence-corrected chi connectivity index (χ3v) is 5.72. The first-order valence-corrected chi connectivity index (χ1v) is 9.49. The van der Waals surface area contributed by atoms with Crippen LogP contribution in [0.3, 0.4) is 0 Å². The Balaban J connectivity index is 1.48. The lowest BCUT2D eigenvalue weighted by molar-refractivity contribution is -0.111. The van der Waals surface area contributed by atoms with Gasteiger partial charge in [-0.25, -0.2) is 0 Å². The minimum atomic E-state index is -0.241. The van der Waals surface area contributed by atoms with E-state index in [0.29, 0.717) is 29.5 Å². The molecule has 1 amide bonds. The Kier molecular flexibility index (Phi) is 4.63. The van der Waals surface area contributed by atoms with Crippen LogP contribution in [-0.4, -0.2) is 19.1 Å². The number of carbonyl (C=O) groups is 1. The third kappa shape index (κ3) is 3.31. The van der Waals surface area contributed by atoms with Crippen LogP contribution in [0.1, 0.15) is 34.4 Å². The highest BCUT2D eigenvalue weighted by Gasteiger charge is 2.21. The quantitative estimate of drug-likeness (QED) is 0.836. The Bertz CT molecular complexity index is 924. The van der Waals surface area contributed by atoms with E-state index in [-0.39, 0.29) is 5.91 Å². The van der Waals surface area contributed by atoms with E-state index in [4.69, 9.17) is 9.47 Å². The number of fused-ring (bicyclic) bond motifs is 2. The minimum absolute atomic E-state index is 0.241. The maximum Gasteiger partial charge on any atom is 0.249 e. The normalized spacial score (nSPS) is 15.3. The summed E-state index contributed by atoms with van der Waals surface area (Å²) in [6.45, 7) is 1.08. The first kappa shape index (κ1) is 16.7. The zero-order chi connectivity index (χ0) is 17.9. The molecule has 1 aliphatic heterocycles. The van der Waals surface area contributed by atoms with Crippen LogP contribution in [0, 0.1) is 11.3 Å². The fourth-order valence-electron chi connectivity index (χ4n) is 3.26. The number of hydrogen-bond acceptors (Lipinski definition) is 5. The molecular weight excluding hydrogens is 348 g/mol. The molecule has 1 aromatic heterocycles. The van der Waals surface area contributed by atoms with E-state index in [0.717, 1.165) is 42.6 Å². The van der Waals surface area contributed by atoms with Gasteiger partial charge in [-0.15, -0.1) is 11.3 Å². The number of nitriles is 1. The van der Waals surface area contributed by atoms with Crippen molar-refractivity contribution in [3.8, 4) is 17.6 Å². The van der Waals surface area contributed by atoms with Crippen LogP contribution in [0.2, 0.25) is 0 Å². The average Bonchev–Trinajstić information content (AvgIpc) is 3.03. The van der Waals surface area contributed by atoms with Gasteiger partial charge in [0.25, 0.3) is 0 Å². The number of benzene rings is 1. The number of ether oxygens (including phenoxy) is 2. The van der Waals surface area contributed by atoms with Gasteiger partial charge in [0.05, 0.1) is 5.56 Å². The summed E-state index contributed by atoms with van der Waals surface area (Å²) in [4.78, 5) is 13.5. The highest BCUT2D eigenvalue weighted by atomic mass is 32.1. The van der Waals surface area contributed by atoms with Crippen LogP contribution in [0.15, 0.2) is 24.3 Å². The lowest BCUT2D eigenvalue weighted by Gasteiger charge is -2.18. The maximum atomic E-state index is 12.3. The summed E-state index contributed by atoms with van der Waals surface area (Å²) in [5, 5.41) is 13.0. The number of amides is 1. The second kappa shape index (κ2) is 7.22. The molecule has 0 spiro atoms. The van der Waals surface area contributed by atoms with Crippen molar-refractivity contribution in [3.63, 3.8) is 0 Å². The fourth-order valence-corrected chi connectivity index (χ4v) is 4.50. The second-order valence-electron chi connectivity index (χ2n) is 6.25. The average molecular weight is 366 g/mol. The monoisotopic (exact) mass is 366 g/mol. The van der Waals surface area contributed by atoms with Gasteiger partial charge in [0.2, 0.25) is 5.91 Å². The van der Waals surface area contributed by atoms with Gasteiger partial charge in [-0.3, -0.25) is 4.79 Å². The number of nitrogens with zero attached hydrogens (tertiary/aromatic N) is 1. The molecule has 0 unspecified atom stereocenters. The van der Waals surface area contributed by atoms with E-state index in [2.05, 4.69) is 11.4 Å². The van der Waals surface area contributed by atoms with Crippen LogP contribution in [-0.2, 0) is 17.6 Å². The predicted octanol–water partition coefficient (Wildman–Crippen LogP) is 3.92. The summed E-state index contributed by atoms with van der Waals surface area (Å²) < 4.78 is 11.0. The van der Waals surface area contributed by atoms with E-state index < -0.39 is 0 Å². The predicted molar refractivity (Wildman–Crippen MR) is 101 cm³/mol. The number of anilines is 1. The van der Waals surface area contributed by atoms with Crippen LogP contribution in [0.25, 0.3) is 6.08 Å². The number of nitrogens with one attached hydrogen (secondary N) is 1. The lowest BCUT2D eigenvalue weighted by Crippen LogP contribution is -2.15. The van der Waals surface area contributed by atoms with Crippen molar-refractivity contribution in [1.82, 2.24) is 0 Å². The number of thiophene rings is 1. The van der Waals surface area contributed by atoms with Crippen molar-refractivity contribution in [2.45, 2.75) is 25.7 Å². The molecule has 4 rings (SSSR count). The van der Waals surface area contributed by atoms with Gasteiger partial charge >= 0.3 is 0 Å². The molecule has 2 heterocycles. The molecule has 26 heavy (non-hydrogen) atoms. The van der Waals surface area contributed by atoms with Gasteiger partial charge in [-0.1, -0.05) is 6.07 Å². The van der Waals surface area contributed by atoms with Gasteiger partial charge in [0, 0.05) is 11.0 Å². The van der Waals surface area contributed by atoms with E-state index in [9.17, 15) is 10.1 Å². The SMILES string of the molecule is N#Cc1c(NC(=O)/C=C/c2ccc3c(c2)OCCO3)sc2c1CCCC2. The lowest BCUT2D eigenvalue weighted by atomic mass is 9.96. The van der Waals surface area contributed by atoms with Crippen LogP contribution in [0.5, 0.6) is 11.5 Å². The molecular formula is C20H18N2O3S. The Morgan fingerprint density at radius 1 is 1.19 bits per heavy atom. The summed E-state index contributed by atoms with van der Waals surface area (Å²) in [5.74, 6) is 1.17. The van der Waals surface area contributed by atoms with Gasteiger partial charge in [-0.05, 0) is 55.0 Å². The van der Waals surface area contributed by atoms with Gasteiger partial charge in [-0.2, -0.15) is 5.26 Å². The topological polar surface area (TPSA) is 71.4 Å². The summed E-state index contributed by atoms with van der Waals surface area (Å²) in [7, 11) is 0. The van der Waals surface area contributed by atoms with Crippen molar-refractivity contribution in [2.24, 2.45) is 0 Å². The maximum absolute atomic E-state index is 12.3. The van der Waals surface area contributed by atoms with E-state index in [1.807, 2.05) is 18.2 Å². The Morgan fingerprint density at radius 2 is 2.00 bits per heavy atom. The first-order chi connectivity index (χ1) is 12.7. The summed E-state index contributed by atoms with van der Waals surface area (Å²) in [6.07, 6.45) is 7.39. The van der Waals surface area contributed by atoms with Crippen LogP contribution in [0.4, 0.5) is 5.00 Å². The Morgan fingerprint density at radius 3 is 2.85 bits per heavy atom. The highest BCUT2D eigenvalue weighted by Crippen LogP contribution is 2.37. The zero-order valence-electron chi connectivity index (χ0n) is 14.2. The van der Waals surface area contributed by atoms with Crippen molar-refractivity contribution in [3.05, 3.63) is 45.8 Å². The number of aryl methyl sites for hydroxylation is 1. The van der Waals surface area contributed by atoms with Crippen molar-refractivity contribution in [2.75, 3.05) is 18.5 Å². The number of rotatable bonds is 3. The van der Waals surface area contributed by atoms with Crippen molar-refractivity contribution < 1.29 is 14.3 Å². The van der Waals surface area contributed by atoms with Crippen LogP contribution >= 0.6 is 11.3 Å². The molecule has 2 aliphatic rings. The Labute approximate surface area is 155 Å². The van der Waals surface area contributed by atoms with E-state index in [1.165, 1.54) is 22.3 Å². The molecule has 1 N–H and O–H groups in total. The van der Waals surface area contributed by atoms with Crippen molar-refractivity contribution in [1.29, 1.82) is 5.26 Å².